The Kier molecular flexibility index (Phi) is 4.70. The molecule has 3 nitrogen and oxygen atoms in total. The molecule has 1 unspecified atom stereocenters. The van der Waals surface area contributed by atoms with Gasteiger partial charge in [-0.05, 0) is 44.4 Å². The lowest BCUT2D eigenvalue weighted by molar-refractivity contribution is 0.0669. The number of halogens is 2. The third-order valence-corrected chi connectivity index (χ3v) is 4.46. The number of hydrogen-bond acceptors (Lipinski definition) is 3. The van der Waals surface area contributed by atoms with Gasteiger partial charge in [0.1, 0.15) is 11.9 Å². The lowest BCUT2D eigenvalue weighted by atomic mass is 10.0. The molecule has 1 atom stereocenters. The van der Waals surface area contributed by atoms with Crippen molar-refractivity contribution < 1.29 is 13.5 Å². The molecule has 21 heavy (non-hydrogen) atoms. The van der Waals surface area contributed by atoms with Gasteiger partial charge in [-0.15, -0.1) is 0 Å². The van der Waals surface area contributed by atoms with E-state index < -0.39 is 11.6 Å². The van der Waals surface area contributed by atoms with Gasteiger partial charge in [0, 0.05) is 31.7 Å². The fourth-order valence-corrected chi connectivity index (χ4v) is 3.25. The Morgan fingerprint density at radius 2 is 1.90 bits per heavy atom. The molecule has 0 aliphatic carbocycles. The van der Waals surface area contributed by atoms with E-state index in [4.69, 9.17) is 4.74 Å². The second kappa shape index (κ2) is 6.71. The standard InChI is InChI=1S/C16H22F2N2O/c17-15-4-3-14(10-16(15)18)21-13-5-8-20(9-6-13)12-2-1-7-19-11-12/h3-4,10,12-13,19H,1-2,5-9,11H2. The van der Waals surface area contributed by atoms with Gasteiger partial charge < -0.3 is 10.1 Å². The third kappa shape index (κ3) is 3.71. The molecule has 0 aromatic heterocycles. The van der Waals surface area contributed by atoms with E-state index in [-0.39, 0.29) is 6.10 Å². The van der Waals surface area contributed by atoms with E-state index in [1.807, 2.05) is 0 Å². The summed E-state index contributed by atoms with van der Waals surface area (Å²) in [6.45, 7) is 4.24. The number of nitrogens with zero attached hydrogens (tertiary/aromatic N) is 1. The maximum atomic E-state index is 13.2. The molecule has 2 saturated heterocycles. The first-order valence-corrected chi connectivity index (χ1v) is 7.79. The average Bonchev–Trinajstić information content (AvgIpc) is 2.53. The summed E-state index contributed by atoms with van der Waals surface area (Å²) in [6.07, 6.45) is 4.49. The largest absolute Gasteiger partial charge is 0.490 e. The number of piperidine rings is 2. The molecule has 2 heterocycles. The second-order valence-electron chi connectivity index (χ2n) is 5.93. The molecule has 2 aliphatic rings. The van der Waals surface area contributed by atoms with Crippen molar-refractivity contribution in [3.63, 3.8) is 0 Å². The van der Waals surface area contributed by atoms with E-state index in [9.17, 15) is 8.78 Å². The molecule has 1 aromatic carbocycles. The molecule has 0 bridgehead atoms. The van der Waals surface area contributed by atoms with Crippen molar-refractivity contribution >= 4 is 0 Å². The van der Waals surface area contributed by atoms with Crippen LogP contribution in [0.25, 0.3) is 0 Å². The van der Waals surface area contributed by atoms with E-state index in [0.29, 0.717) is 11.8 Å². The zero-order valence-corrected chi connectivity index (χ0v) is 12.2. The average molecular weight is 296 g/mol. The molecule has 0 spiro atoms. The number of likely N-dealkylation sites (tertiary alicyclic amines) is 1. The van der Waals surface area contributed by atoms with Gasteiger partial charge >= 0.3 is 0 Å². The van der Waals surface area contributed by atoms with Gasteiger partial charge in [-0.25, -0.2) is 8.78 Å². The highest BCUT2D eigenvalue weighted by molar-refractivity contribution is 5.23. The normalized spacial score (nSPS) is 25.0. The predicted molar refractivity (Wildman–Crippen MR) is 77.5 cm³/mol. The van der Waals surface area contributed by atoms with Crippen molar-refractivity contribution in [2.45, 2.75) is 37.8 Å². The Morgan fingerprint density at radius 3 is 2.57 bits per heavy atom. The molecule has 3 rings (SSSR count). The van der Waals surface area contributed by atoms with Crippen LogP contribution < -0.4 is 10.1 Å². The van der Waals surface area contributed by atoms with Crippen LogP contribution >= 0.6 is 0 Å². The zero-order chi connectivity index (χ0) is 14.7. The van der Waals surface area contributed by atoms with Crippen molar-refractivity contribution in [2.24, 2.45) is 0 Å². The molecule has 116 valence electrons. The predicted octanol–water partition coefficient (Wildman–Crippen LogP) is 2.56. The molecule has 1 aromatic rings. The van der Waals surface area contributed by atoms with Crippen molar-refractivity contribution in [3.8, 4) is 5.75 Å². The van der Waals surface area contributed by atoms with Gasteiger partial charge in [0.2, 0.25) is 0 Å². The first-order chi connectivity index (χ1) is 10.2. The third-order valence-electron chi connectivity index (χ3n) is 4.46. The van der Waals surface area contributed by atoms with E-state index in [2.05, 4.69) is 10.2 Å². The topological polar surface area (TPSA) is 24.5 Å². The van der Waals surface area contributed by atoms with E-state index in [0.717, 1.165) is 51.2 Å². The van der Waals surface area contributed by atoms with Crippen LogP contribution in [0, 0.1) is 11.6 Å². The maximum absolute atomic E-state index is 13.2. The van der Waals surface area contributed by atoms with E-state index >= 15 is 0 Å². The maximum Gasteiger partial charge on any atom is 0.162 e. The summed E-state index contributed by atoms with van der Waals surface area (Å²) in [5.74, 6) is -1.26. The molecular weight excluding hydrogens is 274 g/mol. The van der Waals surface area contributed by atoms with E-state index in [1.54, 1.807) is 0 Å². The zero-order valence-electron chi connectivity index (χ0n) is 12.2. The highest BCUT2D eigenvalue weighted by Gasteiger charge is 2.27. The quantitative estimate of drug-likeness (QED) is 0.928. The number of ether oxygens (including phenoxy) is 1. The van der Waals surface area contributed by atoms with Crippen LogP contribution in [0.4, 0.5) is 8.78 Å². The van der Waals surface area contributed by atoms with Gasteiger partial charge in [0.25, 0.3) is 0 Å². The molecule has 0 saturated carbocycles. The molecule has 2 fully saturated rings. The summed E-state index contributed by atoms with van der Waals surface area (Å²) in [7, 11) is 0. The smallest absolute Gasteiger partial charge is 0.162 e. The van der Waals surface area contributed by atoms with Gasteiger partial charge in [-0.3, -0.25) is 4.90 Å². The van der Waals surface area contributed by atoms with Crippen molar-refractivity contribution in [1.29, 1.82) is 0 Å². The summed E-state index contributed by atoms with van der Waals surface area (Å²) in [6, 6.07) is 4.39. The van der Waals surface area contributed by atoms with Crippen molar-refractivity contribution in [2.75, 3.05) is 26.2 Å². The monoisotopic (exact) mass is 296 g/mol. The number of nitrogens with one attached hydrogen (secondary N) is 1. The van der Waals surface area contributed by atoms with Crippen LogP contribution in [0.2, 0.25) is 0 Å². The Balaban J connectivity index is 1.50. The van der Waals surface area contributed by atoms with E-state index in [1.165, 1.54) is 18.9 Å². The number of rotatable bonds is 3. The van der Waals surface area contributed by atoms with Gasteiger partial charge in [0.05, 0.1) is 0 Å². The van der Waals surface area contributed by atoms with Crippen LogP contribution in [-0.2, 0) is 0 Å². The SMILES string of the molecule is Fc1ccc(OC2CCN(C3CCCNC3)CC2)cc1F. The Bertz CT molecular complexity index is 469. The lowest BCUT2D eigenvalue weighted by Gasteiger charge is -2.39. The summed E-state index contributed by atoms with van der Waals surface area (Å²) in [4.78, 5) is 2.53. The number of benzene rings is 1. The van der Waals surface area contributed by atoms with Crippen LogP contribution in [-0.4, -0.2) is 43.2 Å². The fourth-order valence-electron chi connectivity index (χ4n) is 3.25. The van der Waals surface area contributed by atoms with Gasteiger partial charge in [-0.1, -0.05) is 0 Å². The summed E-state index contributed by atoms with van der Waals surface area (Å²) in [5.41, 5.74) is 0. The Hall–Kier alpha value is -1.20. The minimum Gasteiger partial charge on any atom is -0.490 e. The van der Waals surface area contributed by atoms with Crippen LogP contribution in [0.1, 0.15) is 25.7 Å². The van der Waals surface area contributed by atoms with Crippen LogP contribution in [0.15, 0.2) is 18.2 Å². The lowest BCUT2D eigenvalue weighted by Crippen LogP contribution is -2.50. The Morgan fingerprint density at radius 1 is 1.10 bits per heavy atom. The second-order valence-corrected chi connectivity index (χ2v) is 5.93. The summed E-state index contributed by atoms with van der Waals surface area (Å²) >= 11 is 0. The molecule has 1 N–H and O–H groups in total. The molecule has 2 aliphatic heterocycles. The summed E-state index contributed by atoms with van der Waals surface area (Å²) in [5, 5.41) is 3.44. The van der Waals surface area contributed by atoms with Crippen LogP contribution in [0.5, 0.6) is 5.75 Å². The highest BCUT2D eigenvalue weighted by atomic mass is 19.2. The number of hydrogen-bond donors (Lipinski definition) is 1. The molecular formula is C16H22F2N2O. The highest BCUT2D eigenvalue weighted by Crippen LogP contribution is 2.23. The fraction of sp³-hybridized carbons (Fsp3) is 0.625. The van der Waals surface area contributed by atoms with Gasteiger partial charge in [-0.2, -0.15) is 0 Å². The summed E-state index contributed by atoms with van der Waals surface area (Å²) < 4.78 is 31.8. The van der Waals surface area contributed by atoms with Gasteiger partial charge in [0.15, 0.2) is 11.6 Å². The molecule has 0 amide bonds. The minimum atomic E-state index is -0.849. The molecule has 5 heteroatoms. The first kappa shape index (κ1) is 14.7. The van der Waals surface area contributed by atoms with Crippen molar-refractivity contribution in [3.05, 3.63) is 29.8 Å². The first-order valence-electron chi connectivity index (χ1n) is 7.79. The van der Waals surface area contributed by atoms with Crippen molar-refractivity contribution in [1.82, 2.24) is 10.2 Å². The van der Waals surface area contributed by atoms with Crippen LogP contribution in [0.3, 0.4) is 0 Å². The minimum absolute atomic E-state index is 0.0997. The Labute approximate surface area is 124 Å². The molecule has 0 radical (unpaired) electrons.